The summed E-state index contributed by atoms with van der Waals surface area (Å²) in [6.45, 7) is 5.18. The van der Waals surface area contributed by atoms with Gasteiger partial charge in [-0.2, -0.15) is 5.43 Å². The molecule has 3 aliphatic heterocycles. The summed E-state index contributed by atoms with van der Waals surface area (Å²) in [6, 6.07) is 7.42. The Kier molecular flexibility index (Phi) is 4.79. The van der Waals surface area contributed by atoms with E-state index >= 15 is 0 Å². The van der Waals surface area contributed by atoms with Crippen molar-refractivity contribution in [2.24, 2.45) is 5.92 Å². The average Bonchev–Trinajstić information content (AvgIpc) is 3.19. The molecule has 3 saturated heterocycles. The van der Waals surface area contributed by atoms with Gasteiger partial charge in [-0.3, -0.25) is 14.7 Å². The second-order valence-corrected chi connectivity index (χ2v) is 9.06. The monoisotopic (exact) mass is 394 g/mol. The molecule has 1 aromatic carbocycles. The van der Waals surface area contributed by atoms with Crippen LogP contribution in [-0.2, 0) is 11.3 Å². The first-order valence-corrected chi connectivity index (χ1v) is 10.4. The van der Waals surface area contributed by atoms with Crippen LogP contribution in [0.25, 0.3) is 0 Å². The second-order valence-electron chi connectivity index (χ2n) is 7.40. The summed E-state index contributed by atoms with van der Waals surface area (Å²) < 4.78 is 0. The number of nitrogens with one attached hydrogen (secondary N) is 1. The van der Waals surface area contributed by atoms with Gasteiger partial charge in [0, 0.05) is 11.6 Å². The maximum atomic E-state index is 13.1. The molecule has 1 aromatic rings. The quantitative estimate of drug-likeness (QED) is 0.853. The average molecular weight is 395 g/mol. The van der Waals surface area contributed by atoms with E-state index in [4.69, 9.17) is 11.6 Å². The molecule has 8 heteroatoms. The Labute approximate surface area is 162 Å². The highest BCUT2D eigenvalue weighted by Gasteiger charge is 2.55. The van der Waals surface area contributed by atoms with E-state index in [-0.39, 0.29) is 23.2 Å². The van der Waals surface area contributed by atoms with Crippen LogP contribution >= 0.6 is 23.4 Å². The van der Waals surface area contributed by atoms with E-state index in [1.807, 2.05) is 34.1 Å². The van der Waals surface area contributed by atoms with Crippen LogP contribution in [0.15, 0.2) is 24.3 Å². The molecule has 0 radical (unpaired) electrons. The largest absolute Gasteiger partial charge is 0.337 e. The Morgan fingerprint density at radius 1 is 1.31 bits per heavy atom. The Morgan fingerprint density at radius 2 is 2.08 bits per heavy atom. The zero-order valence-corrected chi connectivity index (χ0v) is 16.5. The highest BCUT2D eigenvalue weighted by atomic mass is 35.5. The summed E-state index contributed by atoms with van der Waals surface area (Å²) in [5.41, 5.74) is 4.15. The number of amides is 3. The van der Waals surface area contributed by atoms with Crippen molar-refractivity contribution in [2.45, 2.75) is 44.4 Å². The van der Waals surface area contributed by atoms with Crippen molar-refractivity contribution in [2.75, 3.05) is 12.3 Å². The summed E-state index contributed by atoms with van der Waals surface area (Å²) in [5, 5.41) is 2.09. The number of benzene rings is 1. The lowest BCUT2D eigenvalue weighted by molar-refractivity contribution is -0.145. The third-order valence-electron chi connectivity index (χ3n) is 5.07. The molecular formula is C18H23ClN4O2S. The first-order valence-electron chi connectivity index (χ1n) is 8.99. The molecule has 1 N–H and O–H groups in total. The van der Waals surface area contributed by atoms with Crippen molar-refractivity contribution in [3.8, 4) is 0 Å². The highest BCUT2D eigenvalue weighted by molar-refractivity contribution is 8.00. The van der Waals surface area contributed by atoms with Crippen LogP contribution in [0.3, 0.4) is 0 Å². The van der Waals surface area contributed by atoms with Gasteiger partial charge in [0.2, 0.25) is 5.91 Å². The number of hydrogen-bond donors (Lipinski definition) is 1. The van der Waals surface area contributed by atoms with Gasteiger partial charge >= 0.3 is 6.03 Å². The molecule has 3 heterocycles. The fourth-order valence-electron chi connectivity index (χ4n) is 3.92. The molecule has 3 atom stereocenters. The van der Waals surface area contributed by atoms with E-state index in [1.165, 1.54) is 0 Å². The van der Waals surface area contributed by atoms with E-state index in [2.05, 4.69) is 19.3 Å². The van der Waals surface area contributed by atoms with Gasteiger partial charge in [0.05, 0.1) is 12.6 Å². The SMILES string of the molecule is CC(C)CN1C(=O)C2SCCC2N2C(=O)N(Cc3ccccc3Cl)NC12. The molecule has 6 nitrogen and oxygen atoms in total. The second kappa shape index (κ2) is 6.94. The lowest BCUT2D eigenvalue weighted by Crippen LogP contribution is -2.66. The first kappa shape index (κ1) is 17.9. The molecule has 0 saturated carbocycles. The van der Waals surface area contributed by atoms with Gasteiger partial charge in [-0.1, -0.05) is 43.6 Å². The van der Waals surface area contributed by atoms with Crippen LogP contribution in [0, 0.1) is 5.92 Å². The van der Waals surface area contributed by atoms with E-state index in [0.29, 0.717) is 24.0 Å². The van der Waals surface area contributed by atoms with Crippen LogP contribution in [0.4, 0.5) is 4.79 Å². The minimum atomic E-state index is -0.403. The number of fused-ring (bicyclic) bond motifs is 3. The Morgan fingerprint density at radius 3 is 2.81 bits per heavy atom. The fourth-order valence-corrected chi connectivity index (χ4v) is 5.51. The van der Waals surface area contributed by atoms with Crippen molar-refractivity contribution < 1.29 is 9.59 Å². The maximum absolute atomic E-state index is 13.1. The summed E-state index contributed by atoms with van der Waals surface area (Å²) in [6.07, 6.45) is 0.459. The molecule has 0 spiro atoms. The van der Waals surface area contributed by atoms with Crippen molar-refractivity contribution in [1.82, 2.24) is 20.2 Å². The minimum absolute atomic E-state index is 0.0304. The summed E-state index contributed by atoms with van der Waals surface area (Å²) >= 11 is 7.94. The van der Waals surface area contributed by atoms with Crippen molar-refractivity contribution >= 4 is 35.3 Å². The number of hydrazine groups is 1. The number of nitrogens with zero attached hydrogens (tertiary/aromatic N) is 3. The van der Waals surface area contributed by atoms with Gasteiger partial charge < -0.3 is 4.90 Å². The standard InChI is InChI=1S/C18H23ClN4O2S/c1-11(2)9-21-16(24)15-14(7-8-26-15)23-17(21)20-22(18(23)25)10-12-5-3-4-6-13(12)19/h3-6,11,14-15,17,20H,7-10H2,1-2H3. The number of hydrogen-bond acceptors (Lipinski definition) is 4. The molecule has 0 bridgehead atoms. The lowest BCUT2D eigenvalue weighted by atomic mass is 10.0. The number of carbonyl (C=O) groups excluding carboxylic acids is 2. The maximum Gasteiger partial charge on any atom is 0.337 e. The summed E-state index contributed by atoms with van der Waals surface area (Å²) in [5.74, 6) is 1.39. The van der Waals surface area contributed by atoms with E-state index in [1.54, 1.807) is 16.8 Å². The molecule has 3 fully saturated rings. The predicted octanol–water partition coefficient (Wildman–Crippen LogP) is 2.74. The summed E-state index contributed by atoms with van der Waals surface area (Å²) in [4.78, 5) is 29.8. The molecular weight excluding hydrogens is 372 g/mol. The minimum Gasteiger partial charge on any atom is -0.307 e. The number of carbonyl (C=O) groups is 2. The van der Waals surface area contributed by atoms with Gasteiger partial charge in [0.1, 0.15) is 5.25 Å². The molecule has 3 aliphatic rings. The third kappa shape index (κ3) is 2.96. The normalized spacial score (nSPS) is 28.2. The van der Waals surface area contributed by atoms with Gasteiger partial charge in [-0.25, -0.2) is 4.79 Å². The van der Waals surface area contributed by atoms with Gasteiger partial charge in [0.15, 0.2) is 6.29 Å². The van der Waals surface area contributed by atoms with E-state index < -0.39 is 6.29 Å². The first-order chi connectivity index (χ1) is 12.5. The molecule has 140 valence electrons. The Balaban J connectivity index is 1.62. The Bertz CT molecular complexity index is 731. The number of rotatable bonds is 4. The Hall–Kier alpha value is -1.44. The topological polar surface area (TPSA) is 55.9 Å². The molecule has 4 rings (SSSR count). The zero-order valence-electron chi connectivity index (χ0n) is 14.9. The molecule has 26 heavy (non-hydrogen) atoms. The number of urea groups is 1. The van der Waals surface area contributed by atoms with Gasteiger partial charge in [-0.05, 0) is 29.7 Å². The van der Waals surface area contributed by atoms with Crippen LogP contribution in [-0.4, -0.2) is 56.6 Å². The van der Waals surface area contributed by atoms with E-state index in [9.17, 15) is 9.59 Å². The predicted molar refractivity (Wildman–Crippen MR) is 102 cm³/mol. The zero-order chi connectivity index (χ0) is 18.4. The van der Waals surface area contributed by atoms with Gasteiger partial charge in [-0.15, -0.1) is 11.8 Å². The lowest BCUT2D eigenvalue weighted by Gasteiger charge is -2.44. The molecule has 0 aromatic heterocycles. The van der Waals surface area contributed by atoms with Crippen molar-refractivity contribution in [3.63, 3.8) is 0 Å². The van der Waals surface area contributed by atoms with Crippen LogP contribution in [0.5, 0.6) is 0 Å². The number of halogens is 1. The van der Waals surface area contributed by atoms with Crippen LogP contribution in [0.1, 0.15) is 25.8 Å². The smallest absolute Gasteiger partial charge is 0.307 e. The van der Waals surface area contributed by atoms with Crippen molar-refractivity contribution in [1.29, 1.82) is 0 Å². The van der Waals surface area contributed by atoms with Crippen molar-refractivity contribution in [3.05, 3.63) is 34.9 Å². The third-order valence-corrected chi connectivity index (χ3v) is 6.79. The number of thioether (sulfide) groups is 1. The molecule has 0 aliphatic carbocycles. The molecule has 3 unspecified atom stereocenters. The summed E-state index contributed by atoms with van der Waals surface area (Å²) in [7, 11) is 0. The van der Waals surface area contributed by atoms with E-state index in [0.717, 1.165) is 17.7 Å². The van der Waals surface area contributed by atoms with Gasteiger partial charge in [0.25, 0.3) is 0 Å². The van der Waals surface area contributed by atoms with Crippen LogP contribution in [0.2, 0.25) is 5.02 Å². The molecule has 3 amide bonds. The highest BCUT2D eigenvalue weighted by Crippen LogP contribution is 2.39. The fraction of sp³-hybridized carbons (Fsp3) is 0.556. The van der Waals surface area contributed by atoms with Crippen LogP contribution < -0.4 is 5.43 Å².